The lowest BCUT2D eigenvalue weighted by Gasteiger charge is -2.15. The van der Waals surface area contributed by atoms with Crippen LogP contribution in [-0.4, -0.2) is 5.91 Å². The molecule has 0 aromatic heterocycles. The summed E-state index contributed by atoms with van der Waals surface area (Å²) in [5.41, 5.74) is 12.6. The molecular formula is C22H19N3O. The number of carbonyl (C=O) groups is 1. The Hall–Kier alpha value is -3.53. The van der Waals surface area contributed by atoms with E-state index in [1.807, 2.05) is 67.6 Å². The fourth-order valence-corrected chi connectivity index (χ4v) is 3.18. The Balaban J connectivity index is 1.92. The first-order valence-corrected chi connectivity index (χ1v) is 8.46. The number of nitrogens with one attached hydrogen (secondary N) is 2. The van der Waals surface area contributed by atoms with Crippen LogP contribution >= 0.6 is 0 Å². The molecule has 1 aliphatic rings. The average Bonchev–Trinajstić information content (AvgIpc) is 2.95. The van der Waals surface area contributed by atoms with Gasteiger partial charge in [0.1, 0.15) is 0 Å². The summed E-state index contributed by atoms with van der Waals surface area (Å²) in [7, 11) is 0. The number of rotatable bonds is 3. The highest BCUT2D eigenvalue weighted by Crippen LogP contribution is 2.38. The van der Waals surface area contributed by atoms with Crippen LogP contribution in [0.4, 0.5) is 17.1 Å². The smallest absolute Gasteiger partial charge is 0.258 e. The van der Waals surface area contributed by atoms with E-state index in [1.165, 1.54) is 0 Å². The zero-order valence-electron chi connectivity index (χ0n) is 14.4. The van der Waals surface area contributed by atoms with Gasteiger partial charge < -0.3 is 16.4 Å². The summed E-state index contributed by atoms with van der Waals surface area (Å²) in [6, 6.07) is 23.4. The van der Waals surface area contributed by atoms with Crippen molar-refractivity contribution in [1.29, 1.82) is 0 Å². The molecule has 4 nitrogen and oxygen atoms in total. The molecule has 4 heteroatoms. The number of aryl methyl sites for hydroxylation is 1. The highest BCUT2D eigenvalue weighted by atomic mass is 16.2. The zero-order valence-corrected chi connectivity index (χ0v) is 14.4. The van der Waals surface area contributed by atoms with E-state index in [-0.39, 0.29) is 5.91 Å². The molecule has 0 aliphatic carbocycles. The van der Waals surface area contributed by atoms with Crippen LogP contribution in [0.5, 0.6) is 0 Å². The Morgan fingerprint density at radius 2 is 1.77 bits per heavy atom. The van der Waals surface area contributed by atoms with Crippen LogP contribution < -0.4 is 16.4 Å². The molecule has 0 unspecified atom stereocenters. The standard InChI is InChI=1S/C22H19N3O/c1-14-6-5-9-17(12-14)24-21(15-7-3-2-4-8-15)20-18-13-16(23)10-11-19(18)25-22(20)26/h2-13,24H,23H2,1H3,(H,25,26)/b21-20-. The number of fused-ring (bicyclic) bond motifs is 1. The lowest BCUT2D eigenvalue weighted by Crippen LogP contribution is -2.10. The molecule has 0 spiro atoms. The topological polar surface area (TPSA) is 67.2 Å². The summed E-state index contributed by atoms with van der Waals surface area (Å²) < 4.78 is 0. The van der Waals surface area contributed by atoms with Gasteiger partial charge in [0.15, 0.2) is 0 Å². The van der Waals surface area contributed by atoms with Gasteiger partial charge in [0, 0.05) is 22.6 Å². The molecule has 0 atom stereocenters. The van der Waals surface area contributed by atoms with E-state index < -0.39 is 0 Å². The molecular weight excluding hydrogens is 322 g/mol. The SMILES string of the molecule is Cc1cccc(N/C(=C2\C(=O)Nc3ccc(N)cc32)c2ccccc2)c1. The van der Waals surface area contributed by atoms with E-state index in [9.17, 15) is 4.79 Å². The van der Waals surface area contributed by atoms with Crippen molar-refractivity contribution in [3.63, 3.8) is 0 Å². The van der Waals surface area contributed by atoms with Crippen molar-refractivity contribution in [2.24, 2.45) is 0 Å². The molecule has 1 heterocycles. The van der Waals surface area contributed by atoms with Crippen molar-refractivity contribution < 1.29 is 4.79 Å². The molecule has 0 saturated heterocycles. The number of anilines is 3. The summed E-state index contributed by atoms with van der Waals surface area (Å²) >= 11 is 0. The summed E-state index contributed by atoms with van der Waals surface area (Å²) in [6.07, 6.45) is 0. The van der Waals surface area contributed by atoms with Crippen molar-refractivity contribution in [2.45, 2.75) is 6.92 Å². The molecule has 3 aromatic rings. The van der Waals surface area contributed by atoms with Gasteiger partial charge in [-0.3, -0.25) is 4.79 Å². The number of carbonyl (C=O) groups excluding carboxylic acids is 1. The van der Waals surface area contributed by atoms with Gasteiger partial charge >= 0.3 is 0 Å². The number of amides is 1. The quantitative estimate of drug-likeness (QED) is 0.485. The maximum atomic E-state index is 12.8. The molecule has 0 fully saturated rings. The van der Waals surface area contributed by atoms with Gasteiger partial charge in [-0.25, -0.2) is 0 Å². The van der Waals surface area contributed by atoms with Crippen molar-refractivity contribution >= 4 is 34.2 Å². The molecule has 0 saturated carbocycles. The third-order valence-corrected chi connectivity index (χ3v) is 4.39. The number of benzene rings is 3. The molecule has 0 bridgehead atoms. The number of nitrogens with two attached hydrogens (primary N) is 1. The summed E-state index contributed by atoms with van der Waals surface area (Å²) in [5, 5.41) is 6.38. The number of nitrogen functional groups attached to an aromatic ring is 1. The summed E-state index contributed by atoms with van der Waals surface area (Å²) in [4.78, 5) is 12.8. The molecule has 3 aromatic carbocycles. The molecule has 0 radical (unpaired) electrons. The largest absolute Gasteiger partial charge is 0.399 e. The lowest BCUT2D eigenvalue weighted by molar-refractivity contribution is -0.110. The highest BCUT2D eigenvalue weighted by molar-refractivity contribution is 6.37. The normalized spacial score (nSPS) is 14.6. The second kappa shape index (κ2) is 6.41. The minimum absolute atomic E-state index is 0.135. The first kappa shape index (κ1) is 16.0. The third-order valence-electron chi connectivity index (χ3n) is 4.39. The van der Waals surface area contributed by atoms with Crippen LogP contribution in [0, 0.1) is 6.92 Å². The van der Waals surface area contributed by atoms with E-state index in [4.69, 9.17) is 5.73 Å². The van der Waals surface area contributed by atoms with Crippen molar-refractivity contribution in [3.8, 4) is 0 Å². The second-order valence-electron chi connectivity index (χ2n) is 6.37. The number of hydrogen-bond donors (Lipinski definition) is 3. The van der Waals surface area contributed by atoms with Crippen LogP contribution in [0.3, 0.4) is 0 Å². The minimum atomic E-state index is -0.135. The van der Waals surface area contributed by atoms with Gasteiger partial charge in [-0.05, 0) is 48.4 Å². The van der Waals surface area contributed by atoms with Crippen LogP contribution in [-0.2, 0) is 4.79 Å². The Bertz CT molecular complexity index is 1020. The van der Waals surface area contributed by atoms with Gasteiger partial charge in [0.05, 0.1) is 11.3 Å². The fourth-order valence-electron chi connectivity index (χ4n) is 3.18. The highest BCUT2D eigenvalue weighted by Gasteiger charge is 2.28. The van der Waals surface area contributed by atoms with Crippen LogP contribution in [0.2, 0.25) is 0 Å². The Kier molecular flexibility index (Phi) is 3.93. The Labute approximate surface area is 152 Å². The molecule has 4 N–H and O–H groups in total. The third kappa shape index (κ3) is 2.93. The predicted molar refractivity (Wildman–Crippen MR) is 108 cm³/mol. The van der Waals surface area contributed by atoms with E-state index in [0.29, 0.717) is 11.3 Å². The number of hydrogen-bond acceptors (Lipinski definition) is 3. The molecule has 4 rings (SSSR count). The Morgan fingerprint density at radius 3 is 2.54 bits per heavy atom. The van der Waals surface area contributed by atoms with Gasteiger partial charge in [-0.15, -0.1) is 0 Å². The van der Waals surface area contributed by atoms with Crippen LogP contribution in [0.1, 0.15) is 16.7 Å². The fraction of sp³-hybridized carbons (Fsp3) is 0.0455. The predicted octanol–water partition coefficient (Wildman–Crippen LogP) is 4.51. The molecule has 128 valence electrons. The Morgan fingerprint density at radius 1 is 0.962 bits per heavy atom. The second-order valence-corrected chi connectivity index (χ2v) is 6.37. The van der Waals surface area contributed by atoms with E-state index in [0.717, 1.165) is 33.8 Å². The van der Waals surface area contributed by atoms with Gasteiger partial charge in [0.2, 0.25) is 0 Å². The summed E-state index contributed by atoms with van der Waals surface area (Å²) in [5.74, 6) is -0.135. The molecule has 1 aliphatic heterocycles. The zero-order chi connectivity index (χ0) is 18.1. The van der Waals surface area contributed by atoms with Crippen LogP contribution in [0.25, 0.3) is 11.3 Å². The van der Waals surface area contributed by atoms with E-state index in [1.54, 1.807) is 6.07 Å². The van der Waals surface area contributed by atoms with Crippen molar-refractivity contribution in [1.82, 2.24) is 0 Å². The maximum absolute atomic E-state index is 12.8. The van der Waals surface area contributed by atoms with Crippen LogP contribution in [0.15, 0.2) is 72.8 Å². The first-order chi connectivity index (χ1) is 12.6. The van der Waals surface area contributed by atoms with E-state index in [2.05, 4.69) is 16.7 Å². The average molecular weight is 341 g/mol. The van der Waals surface area contributed by atoms with Gasteiger partial charge in [-0.1, -0.05) is 42.5 Å². The van der Waals surface area contributed by atoms with Gasteiger partial charge in [0.25, 0.3) is 5.91 Å². The maximum Gasteiger partial charge on any atom is 0.258 e. The minimum Gasteiger partial charge on any atom is -0.399 e. The molecule has 26 heavy (non-hydrogen) atoms. The monoisotopic (exact) mass is 341 g/mol. The first-order valence-electron chi connectivity index (χ1n) is 8.46. The summed E-state index contributed by atoms with van der Waals surface area (Å²) in [6.45, 7) is 2.04. The molecule has 1 amide bonds. The van der Waals surface area contributed by atoms with Gasteiger partial charge in [-0.2, -0.15) is 0 Å². The van der Waals surface area contributed by atoms with Crippen molar-refractivity contribution in [3.05, 3.63) is 89.5 Å². The lowest BCUT2D eigenvalue weighted by atomic mass is 9.99. The van der Waals surface area contributed by atoms with Crippen molar-refractivity contribution in [2.75, 3.05) is 16.4 Å². The van der Waals surface area contributed by atoms with E-state index >= 15 is 0 Å².